The van der Waals surface area contributed by atoms with E-state index < -0.39 is 46.3 Å². The van der Waals surface area contributed by atoms with Gasteiger partial charge in [-0.3, -0.25) is 9.29 Å². The van der Waals surface area contributed by atoms with Gasteiger partial charge in [0.1, 0.15) is 17.1 Å². The molecule has 0 saturated heterocycles. The fourth-order valence-corrected chi connectivity index (χ4v) is 5.00. The Kier molecular flexibility index (Phi) is 8.11. The molecule has 1 aromatic carbocycles. The Hall–Kier alpha value is -3.34. The highest BCUT2D eigenvalue weighted by molar-refractivity contribution is 7.93. The number of halogens is 3. The fourth-order valence-electron chi connectivity index (χ4n) is 3.91. The van der Waals surface area contributed by atoms with E-state index in [1.165, 1.54) is 13.0 Å². The van der Waals surface area contributed by atoms with E-state index in [0.717, 1.165) is 22.3 Å². The summed E-state index contributed by atoms with van der Waals surface area (Å²) >= 11 is 0. The third kappa shape index (κ3) is 6.46. The number of aliphatic hydroxyl groups is 1. The number of fused-ring (bicyclic) bond motifs is 3. The van der Waals surface area contributed by atoms with Crippen LogP contribution in [0.5, 0.6) is 5.75 Å². The zero-order valence-electron chi connectivity index (χ0n) is 21.4. The Morgan fingerprint density at radius 1 is 1.21 bits per heavy atom. The molecule has 2 N–H and O–H groups in total. The van der Waals surface area contributed by atoms with Gasteiger partial charge in [0.05, 0.1) is 19.3 Å². The summed E-state index contributed by atoms with van der Waals surface area (Å²) in [6.07, 6.45) is -4.40. The second-order valence-corrected chi connectivity index (χ2v) is 11.1. The Balaban J connectivity index is 1.71. The minimum Gasteiger partial charge on any atom is -0.406 e. The lowest BCUT2D eigenvalue weighted by Crippen LogP contribution is -2.35. The molecule has 1 aliphatic heterocycles. The predicted octanol–water partition coefficient (Wildman–Crippen LogP) is 3.26. The van der Waals surface area contributed by atoms with Crippen LogP contribution < -0.4 is 9.46 Å². The van der Waals surface area contributed by atoms with Crippen molar-refractivity contribution in [2.45, 2.75) is 64.3 Å². The van der Waals surface area contributed by atoms with Crippen molar-refractivity contribution in [1.82, 2.24) is 24.7 Å². The van der Waals surface area contributed by atoms with Crippen molar-refractivity contribution in [2.24, 2.45) is 0 Å². The number of nitrogens with zero attached hydrogens (tertiary/aromatic N) is 5. The van der Waals surface area contributed by atoms with Crippen LogP contribution in [0.3, 0.4) is 0 Å². The number of hydrogen-bond donors (Lipinski definition) is 2. The molecule has 2 aromatic heterocycles. The Morgan fingerprint density at radius 3 is 2.51 bits per heavy atom. The average molecular weight is 573 g/mol. The van der Waals surface area contributed by atoms with Crippen LogP contribution in [0.2, 0.25) is 0 Å². The minimum absolute atomic E-state index is 0.0311. The number of benzene rings is 1. The highest BCUT2D eigenvalue weighted by atomic mass is 32.2. The zero-order valence-corrected chi connectivity index (χ0v) is 22.2. The first-order chi connectivity index (χ1) is 18.3. The number of sulfonamides is 1. The van der Waals surface area contributed by atoms with Crippen LogP contribution in [-0.2, 0) is 26.1 Å². The molecule has 3 atom stereocenters. The number of aromatic nitrogens is 5. The molecule has 16 heteroatoms. The van der Waals surface area contributed by atoms with Gasteiger partial charge in [-0.2, -0.15) is 0 Å². The average Bonchev–Trinajstić information content (AvgIpc) is 3.17. The lowest BCUT2D eigenvalue weighted by molar-refractivity contribution is -0.274. The molecule has 0 unspecified atom stereocenters. The third-order valence-electron chi connectivity index (χ3n) is 5.75. The van der Waals surface area contributed by atoms with Gasteiger partial charge in [-0.05, 0) is 51.0 Å². The molecule has 0 radical (unpaired) electrons. The highest BCUT2D eigenvalue weighted by Gasteiger charge is 2.37. The highest BCUT2D eigenvalue weighted by Crippen LogP contribution is 2.37. The van der Waals surface area contributed by atoms with E-state index in [2.05, 4.69) is 29.6 Å². The van der Waals surface area contributed by atoms with Gasteiger partial charge in [0.2, 0.25) is 16.0 Å². The van der Waals surface area contributed by atoms with Crippen LogP contribution in [0.15, 0.2) is 30.6 Å². The molecule has 3 aromatic rings. The van der Waals surface area contributed by atoms with Crippen molar-refractivity contribution in [3.05, 3.63) is 47.5 Å². The van der Waals surface area contributed by atoms with Gasteiger partial charge in [-0.1, -0.05) is 6.07 Å². The third-order valence-corrected chi connectivity index (χ3v) is 7.44. The topological polar surface area (TPSA) is 151 Å². The molecule has 0 fully saturated rings. The number of anilines is 1. The number of aryl methyl sites for hydroxylation is 1. The molecule has 0 saturated carbocycles. The van der Waals surface area contributed by atoms with Crippen LogP contribution in [0.1, 0.15) is 50.1 Å². The number of alkyl halides is 3. The van der Waals surface area contributed by atoms with E-state index in [1.807, 2.05) is 0 Å². The number of hydrogen-bond acceptors (Lipinski definition) is 10. The van der Waals surface area contributed by atoms with Crippen LogP contribution in [0.4, 0.5) is 19.1 Å². The maximum atomic E-state index is 13.5. The largest absolute Gasteiger partial charge is 0.573 e. The van der Waals surface area contributed by atoms with Gasteiger partial charge in [0.25, 0.3) is 0 Å². The zero-order chi connectivity index (χ0) is 28.5. The quantitative estimate of drug-likeness (QED) is 0.391. The summed E-state index contributed by atoms with van der Waals surface area (Å²) in [6, 6.07) is 3.56. The summed E-state index contributed by atoms with van der Waals surface area (Å²) in [5, 5.41) is 16.7. The van der Waals surface area contributed by atoms with Gasteiger partial charge in [-0.25, -0.2) is 18.4 Å². The summed E-state index contributed by atoms with van der Waals surface area (Å²) in [7, 11) is -4.26. The predicted molar refractivity (Wildman–Crippen MR) is 131 cm³/mol. The maximum absolute atomic E-state index is 13.5. The first kappa shape index (κ1) is 28.7. The monoisotopic (exact) mass is 572 g/mol. The van der Waals surface area contributed by atoms with Crippen LogP contribution in [0.25, 0.3) is 11.4 Å². The van der Waals surface area contributed by atoms with Crippen molar-refractivity contribution >= 4 is 16.0 Å². The van der Waals surface area contributed by atoms with Gasteiger partial charge in [-0.15, -0.1) is 23.4 Å². The summed E-state index contributed by atoms with van der Waals surface area (Å²) in [4.78, 5) is 8.45. The molecular formula is C23H27F3N6O6S. The Bertz CT molecular complexity index is 1410. The van der Waals surface area contributed by atoms with Gasteiger partial charge >= 0.3 is 6.36 Å². The molecule has 0 spiro atoms. The molecule has 1 aliphatic rings. The van der Waals surface area contributed by atoms with Gasteiger partial charge < -0.3 is 19.3 Å². The second kappa shape index (κ2) is 11.0. The van der Waals surface area contributed by atoms with E-state index in [-0.39, 0.29) is 35.9 Å². The molecule has 3 heterocycles. The Morgan fingerprint density at radius 2 is 1.90 bits per heavy atom. The van der Waals surface area contributed by atoms with Crippen molar-refractivity contribution < 1.29 is 40.9 Å². The van der Waals surface area contributed by atoms with E-state index in [1.54, 1.807) is 33.2 Å². The number of nitrogens with one attached hydrogen (secondary N) is 1. The molecule has 0 amide bonds. The SMILES string of the molecule is Cc1cnc([C@H](OC(C)C)[C@H](C)S(=O)(=O)Nc2nnc3n2[C@@H](CO)OCc2ccc(OC(F)(F)F)cc2-3)nc1. The molecule has 212 valence electrons. The molecule has 0 bridgehead atoms. The lowest BCUT2D eigenvalue weighted by Gasteiger charge is -2.26. The van der Waals surface area contributed by atoms with Crippen LogP contribution >= 0.6 is 0 Å². The fraction of sp³-hybridized carbons (Fsp3) is 0.478. The number of rotatable bonds is 9. The first-order valence-corrected chi connectivity index (χ1v) is 13.4. The van der Waals surface area contributed by atoms with E-state index in [4.69, 9.17) is 9.47 Å². The Labute approximate surface area is 222 Å². The molecule has 39 heavy (non-hydrogen) atoms. The smallest absolute Gasteiger partial charge is 0.406 e. The summed E-state index contributed by atoms with van der Waals surface area (Å²) in [6.45, 7) is 5.97. The summed E-state index contributed by atoms with van der Waals surface area (Å²) < 4.78 is 84.5. The van der Waals surface area contributed by atoms with E-state index in [9.17, 15) is 26.7 Å². The first-order valence-electron chi connectivity index (χ1n) is 11.8. The molecule has 12 nitrogen and oxygen atoms in total. The van der Waals surface area contributed by atoms with Crippen LogP contribution in [-0.4, -0.2) is 62.6 Å². The van der Waals surface area contributed by atoms with Crippen molar-refractivity contribution in [3.8, 4) is 17.1 Å². The molecular weight excluding hydrogens is 545 g/mol. The summed E-state index contributed by atoms with van der Waals surface area (Å²) in [5.74, 6) is -0.703. The molecule has 4 rings (SSSR count). The molecule has 0 aliphatic carbocycles. The number of aliphatic hydroxyl groups excluding tert-OH is 1. The standard InChI is InChI=1S/C23H27F3N6O6S/c1-12(2)37-19(20-27-8-13(3)9-28-20)14(4)39(34,35)31-22-30-29-21-17-7-16(38-23(24,25)26)6-5-15(17)11-36-18(10-33)32(21)22/h5-9,12,14,18-19,33H,10-11H2,1-4H3,(H,30,31)/t14-,18+,19+/m0/s1. The van der Waals surface area contributed by atoms with Crippen molar-refractivity contribution in [2.75, 3.05) is 11.3 Å². The van der Waals surface area contributed by atoms with E-state index in [0.29, 0.717) is 5.56 Å². The normalized spacial score (nSPS) is 17.2. The minimum atomic E-state index is -4.93. The lowest BCUT2D eigenvalue weighted by atomic mass is 10.1. The van der Waals surface area contributed by atoms with Gasteiger partial charge in [0.15, 0.2) is 17.9 Å². The van der Waals surface area contributed by atoms with Crippen molar-refractivity contribution in [3.63, 3.8) is 0 Å². The second-order valence-electron chi connectivity index (χ2n) is 9.11. The van der Waals surface area contributed by atoms with Gasteiger partial charge in [0, 0.05) is 18.0 Å². The van der Waals surface area contributed by atoms with Crippen molar-refractivity contribution in [1.29, 1.82) is 0 Å². The van der Waals surface area contributed by atoms with E-state index >= 15 is 0 Å². The number of ether oxygens (including phenoxy) is 3. The van der Waals surface area contributed by atoms with Crippen LogP contribution in [0, 0.1) is 6.92 Å². The summed E-state index contributed by atoms with van der Waals surface area (Å²) in [5.41, 5.74) is 1.37. The maximum Gasteiger partial charge on any atom is 0.573 e.